The predicted molar refractivity (Wildman–Crippen MR) is 112 cm³/mol. The number of benzene rings is 1. The number of anilines is 2. The first-order valence-corrected chi connectivity index (χ1v) is 9.95. The molecule has 32 heavy (non-hydrogen) atoms. The molecule has 1 aliphatic rings. The second kappa shape index (κ2) is 8.27. The second-order valence-electron chi connectivity index (χ2n) is 7.32. The number of alkyl halides is 2. The molecule has 1 unspecified atom stereocenters. The first kappa shape index (κ1) is 21.8. The van der Waals surface area contributed by atoms with Crippen molar-refractivity contribution in [3.63, 3.8) is 0 Å². The van der Waals surface area contributed by atoms with Crippen molar-refractivity contribution in [1.29, 1.82) is 0 Å². The Morgan fingerprint density at radius 1 is 1.25 bits per heavy atom. The molecule has 1 aromatic carbocycles. The van der Waals surface area contributed by atoms with Crippen LogP contribution in [0.5, 0.6) is 0 Å². The standard InChI is InChI=1S/C21H17ClF3N5O2/c1-10-7-14-18(19(22)26-10)15-8-16(23)28-30(15)11(2)21(32)29(14)9-17(31)27-13-5-3-12(4-6-13)20(24)25/h3-8,11,20H,9H2,1-2H3,(H,27,31). The summed E-state index contributed by atoms with van der Waals surface area (Å²) in [6, 6.07) is 6.93. The number of pyridine rings is 1. The van der Waals surface area contributed by atoms with Gasteiger partial charge in [-0.15, -0.1) is 5.10 Å². The highest BCUT2D eigenvalue weighted by Crippen LogP contribution is 2.41. The minimum atomic E-state index is -2.62. The van der Waals surface area contributed by atoms with Gasteiger partial charge in [0.1, 0.15) is 17.7 Å². The number of aromatic nitrogens is 3. The third kappa shape index (κ3) is 3.93. The molecule has 7 nitrogen and oxygen atoms in total. The Bertz CT molecular complexity index is 1210. The molecule has 0 saturated carbocycles. The van der Waals surface area contributed by atoms with E-state index in [1.54, 1.807) is 13.0 Å². The number of fused-ring (bicyclic) bond motifs is 3. The van der Waals surface area contributed by atoms with Crippen molar-refractivity contribution in [2.24, 2.45) is 0 Å². The molecule has 0 aliphatic carbocycles. The van der Waals surface area contributed by atoms with Gasteiger partial charge < -0.3 is 10.2 Å². The lowest BCUT2D eigenvalue weighted by atomic mass is 10.1. The van der Waals surface area contributed by atoms with E-state index in [0.717, 1.165) is 6.07 Å². The predicted octanol–water partition coefficient (Wildman–Crippen LogP) is 4.53. The average Bonchev–Trinajstić information content (AvgIpc) is 3.08. The maximum Gasteiger partial charge on any atom is 0.263 e. The summed E-state index contributed by atoms with van der Waals surface area (Å²) in [4.78, 5) is 31.4. The third-order valence-electron chi connectivity index (χ3n) is 5.07. The van der Waals surface area contributed by atoms with Gasteiger partial charge in [-0.1, -0.05) is 23.7 Å². The number of rotatable bonds is 4. The van der Waals surface area contributed by atoms with Crippen LogP contribution in [-0.4, -0.2) is 33.1 Å². The van der Waals surface area contributed by atoms with Gasteiger partial charge in [-0.3, -0.25) is 9.59 Å². The van der Waals surface area contributed by atoms with E-state index in [9.17, 15) is 22.8 Å². The molecule has 0 saturated heterocycles. The zero-order chi connectivity index (χ0) is 23.2. The summed E-state index contributed by atoms with van der Waals surface area (Å²) in [5.74, 6) is -1.84. The molecule has 2 amide bonds. The lowest BCUT2D eigenvalue weighted by Crippen LogP contribution is -2.41. The minimum absolute atomic E-state index is 0.0380. The number of amides is 2. The van der Waals surface area contributed by atoms with E-state index in [0.29, 0.717) is 17.1 Å². The third-order valence-corrected chi connectivity index (χ3v) is 5.35. The van der Waals surface area contributed by atoms with Crippen LogP contribution in [-0.2, 0) is 9.59 Å². The van der Waals surface area contributed by atoms with Crippen molar-refractivity contribution in [2.45, 2.75) is 26.3 Å². The first-order chi connectivity index (χ1) is 15.2. The van der Waals surface area contributed by atoms with Gasteiger partial charge >= 0.3 is 0 Å². The molecule has 0 fully saturated rings. The van der Waals surface area contributed by atoms with Crippen LogP contribution >= 0.6 is 11.6 Å². The molecular weight excluding hydrogens is 447 g/mol. The Kier molecular flexibility index (Phi) is 5.64. The van der Waals surface area contributed by atoms with Crippen LogP contribution in [0.15, 0.2) is 36.4 Å². The Labute approximate surface area is 185 Å². The Hall–Kier alpha value is -3.40. The van der Waals surface area contributed by atoms with E-state index >= 15 is 0 Å². The van der Waals surface area contributed by atoms with Crippen molar-refractivity contribution in [1.82, 2.24) is 14.8 Å². The van der Waals surface area contributed by atoms with Gasteiger partial charge in [0.2, 0.25) is 11.9 Å². The van der Waals surface area contributed by atoms with Crippen LogP contribution in [0.3, 0.4) is 0 Å². The number of aryl methyl sites for hydroxylation is 1. The molecular formula is C21H17ClF3N5O2. The Morgan fingerprint density at radius 3 is 2.59 bits per heavy atom. The maximum atomic E-state index is 13.9. The lowest BCUT2D eigenvalue weighted by Gasteiger charge is -2.24. The molecule has 166 valence electrons. The highest BCUT2D eigenvalue weighted by Gasteiger charge is 2.35. The van der Waals surface area contributed by atoms with Crippen molar-refractivity contribution in [3.8, 4) is 11.3 Å². The Balaban J connectivity index is 1.69. The summed E-state index contributed by atoms with van der Waals surface area (Å²) in [5, 5.41) is 6.39. The molecule has 1 atom stereocenters. The van der Waals surface area contributed by atoms with Gasteiger partial charge in [-0.25, -0.2) is 18.4 Å². The molecule has 0 spiro atoms. The van der Waals surface area contributed by atoms with E-state index in [4.69, 9.17) is 11.6 Å². The average molecular weight is 464 g/mol. The van der Waals surface area contributed by atoms with Gasteiger partial charge in [0, 0.05) is 23.0 Å². The number of nitrogens with zero attached hydrogens (tertiary/aromatic N) is 4. The summed E-state index contributed by atoms with van der Waals surface area (Å²) in [6.45, 7) is 2.82. The summed E-state index contributed by atoms with van der Waals surface area (Å²) in [5.41, 5.74) is 1.46. The van der Waals surface area contributed by atoms with E-state index in [1.165, 1.54) is 40.8 Å². The summed E-state index contributed by atoms with van der Waals surface area (Å²) < 4.78 is 40.6. The molecule has 11 heteroatoms. The SMILES string of the molecule is Cc1cc2c(c(Cl)n1)-c1cc(F)nn1C(C)C(=O)N2CC(=O)Nc1ccc(C(F)F)cc1. The van der Waals surface area contributed by atoms with Gasteiger partial charge in [0.15, 0.2) is 0 Å². The van der Waals surface area contributed by atoms with E-state index in [-0.39, 0.29) is 28.5 Å². The molecule has 1 N–H and O–H groups in total. The maximum absolute atomic E-state index is 13.9. The largest absolute Gasteiger partial charge is 0.325 e. The fraction of sp³-hybridized carbons (Fsp3) is 0.238. The quantitative estimate of drug-likeness (QED) is 0.576. The monoisotopic (exact) mass is 463 g/mol. The molecule has 0 radical (unpaired) electrons. The number of hydrogen-bond donors (Lipinski definition) is 1. The van der Waals surface area contributed by atoms with Gasteiger partial charge in [-0.2, -0.15) is 4.39 Å². The van der Waals surface area contributed by atoms with Gasteiger partial charge in [-0.05, 0) is 32.0 Å². The minimum Gasteiger partial charge on any atom is -0.325 e. The van der Waals surface area contributed by atoms with Crippen LogP contribution in [0.25, 0.3) is 11.3 Å². The number of halogens is 4. The van der Waals surface area contributed by atoms with Crippen LogP contribution in [0.4, 0.5) is 24.5 Å². The zero-order valence-corrected chi connectivity index (χ0v) is 17.7. The number of carbonyl (C=O) groups is 2. The van der Waals surface area contributed by atoms with Crippen molar-refractivity contribution >= 4 is 34.8 Å². The molecule has 4 rings (SSSR count). The van der Waals surface area contributed by atoms with Crippen molar-refractivity contribution in [3.05, 3.63) is 58.8 Å². The smallest absolute Gasteiger partial charge is 0.263 e. The fourth-order valence-electron chi connectivity index (χ4n) is 3.58. The molecule has 1 aliphatic heterocycles. The molecule has 3 heterocycles. The number of hydrogen-bond acceptors (Lipinski definition) is 4. The highest BCUT2D eigenvalue weighted by molar-refractivity contribution is 6.33. The fourth-order valence-corrected chi connectivity index (χ4v) is 3.91. The highest BCUT2D eigenvalue weighted by atomic mass is 35.5. The van der Waals surface area contributed by atoms with Gasteiger partial charge in [0.25, 0.3) is 12.3 Å². The normalized spacial score (nSPS) is 15.4. The topological polar surface area (TPSA) is 80.1 Å². The van der Waals surface area contributed by atoms with E-state index in [2.05, 4.69) is 15.4 Å². The second-order valence-corrected chi connectivity index (χ2v) is 7.67. The first-order valence-electron chi connectivity index (χ1n) is 9.57. The van der Waals surface area contributed by atoms with Crippen LogP contribution in [0.2, 0.25) is 5.15 Å². The van der Waals surface area contributed by atoms with Crippen LogP contribution in [0.1, 0.15) is 30.6 Å². The summed E-state index contributed by atoms with van der Waals surface area (Å²) >= 11 is 6.35. The van der Waals surface area contributed by atoms with E-state index < -0.39 is 30.2 Å². The van der Waals surface area contributed by atoms with Crippen molar-refractivity contribution < 1.29 is 22.8 Å². The lowest BCUT2D eigenvalue weighted by molar-refractivity contribution is -0.123. The number of carbonyl (C=O) groups excluding carboxylic acids is 2. The summed E-state index contributed by atoms with van der Waals surface area (Å²) in [7, 11) is 0. The zero-order valence-electron chi connectivity index (χ0n) is 16.9. The molecule has 0 bridgehead atoms. The van der Waals surface area contributed by atoms with Gasteiger partial charge in [0.05, 0.1) is 16.9 Å². The van der Waals surface area contributed by atoms with Crippen LogP contribution in [0, 0.1) is 12.9 Å². The summed E-state index contributed by atoms with van der Waals surface area (Å²) in [6.07, 6.45) is -2.62. The molecule has 3 aromatic rings. The van der Waals surface area contributed by atoms with Crippen LogP contribution < -0.4 is 10.2 Å². The molecule has 2 aromatic heterocycles. The van der Waals surface area contributed by atoms with E-state index in [1.807, 2.05) is 0 Å². The van der Waals surface area contributed by atoms with Crippen molar-refractivity contribution in [2.75, 3.05) is 16.8 Å². The number of nitrogens with one attached hydrogen (secondary N) is 1. The Morgan fingerprint density at radius 2 is 1.94 bits per heavy atom.